The lowest BCUT2D eigenvalue weighted by molar-refractivity contribution is -0.140. The van der Waals surface area contributed by atoms with Gasteiger partial charge in [-0.3, -0.25) is 33.8 Å². The Morgan fingerprint density at radius 2 is 1.69 bits per heavy atom. The Labute approximate surface area is 324 Å². The number of carbonyl (C=O) groups excluding carboxylic acids is 6. The fraction of sp³-hybridized carbons (Fsp3) is 0.675. The van der Waals surface area contributed by atoms with Crippen molar-refractivity contribution in [3.05, 3.63) is 24.3 Å². The highest BCUT2D eigenvalue weighted by Crippen LogP contribution is 2.31. The van der Waals surface area contributed by atoms with Gasteiger partial charge in [-0.1, -0.05) is 46.1 Å². The number of fused-ring (bicyclic) bond motifs is 3. The van der Waals surface area contributed by atoms with E-state index in [2.05, 4.69) is 15.6 Å². The summed E-state index contributed by atoms with van der Waals surface area (Å²) in [6.45, 7) is 6.18. The monoisotopic (exact) mass is 767 g/mol. The van der Waals surface area contributed by atoms with Gasteiger partial charge in [0.1, 0.15) is 24.1 Å². The van der Waals surface area contributed by atoms with Crippen LogP contribution in [0.1, 0.15) is 104 Å². The number of guanidine groups is 1. The number of rotatable bonds is 11. The van der Waals surface area contributed by atoms with E-state index in [0.717, 1.165) is 32.1 Å². The fourth-order valence-electron chi connectivity index (χ4n) is 7.80. The summed E-state index contributed by atoms with van der Waals surface area (Å²) >= 11 is 0. The molecule has 5 atom stereocenters. The van der Waals surface area contributed by atoms with E-state index in [0.29, 0.717) is 43.7 Å². The Hall–Kier alpha value is -4.69. The van der Waals surface area contributed by atoms with Crippen molar-refractivity contribution < 1.29 is 38.2 Å². The lowest BCUT2D eigenvalue weighted by atomic mass is 9.76. The predicted octanol–water partition coefficient (Wildman–Crippen LogP) is 2.51. The number of hydrogen-bond acceptors (Lipinski definition) is 9. The number of nitrogens with one attached hydrogen (secondary N) is 2. The Balaban J connectivity index is 1.65. The zero-order valence-corrected chi connectivity index (χ0v) is 32.7. The molecule has 0 radical (unpaired) electrons. The minimum atomic E-state index is -1.06. The predicted molar refractivity (Wildman–Crippen MR) is 207 cm³/mol. The Kier molecular flexibility index (Phi) is 15.9. The lowest BCUT2D eigenvalue weighted by Crippen LogP contribution is -2.54. The van der Waals surface area contributed by atoms with Crippen LogP contribution < -0.4 is 37.3 Å². The van der Waals surface area contributed by atoms with Gasteiger partial charge in [-0.2, -0.15) is 0 Å². The van der Waals surface area contributed by atoms with Crippen molar-refractivity contribution in [2.45, 2.75) is 122 Å². The molecule has 304 valence electrons. The number of nitrogens with zero attached hydrogens (tertiary/aromatic N) is 2. The van der Waals surface area contributed by atoms with Gasteiger partial charge in [0.25, 0.3) is 0 Å². The largest absolute Gasteiger partial charge is 0.493 e. The first kappa shape index (κ1) is 43.0. The smallest absolute Gasteiger partial charge is 0.243 e. The molecule has 2 aliphatic heterocycles. The van der Waals surface area contributed by atoms with E-state index in [1.54, 1.807) is 29.2 Å². The number of amides is 4. The molecule has 1 aliphatic carbocycles. The number of Topliss-reactive ketones (excluding diaryl/α,β-unsaturated/α-hetero) is 2. The summed E-state index contributed by atoms with van der Waals surface area (Å²) in [7, 11) is 0. The van der Waals surface area contributed by atoms with Crippen LogP contribution in [0, 0.1) is 23.2 Å². The van der Waals surface area contributed by atoms with Crippen LogP contribution in [-0.4, -0.2) is 90.5 Å². The lowest BCUT2D eigenvalue weighted by Gasteiger charge is -2.33. The Morgan fingerprint density at radius 3 is 2.36 bits per heavy atom. The minimum Gasteiger partial charge on any atom is -0.493 e. The third-order valence-corrected chi connectivity index (χ3v) is 11.0. The molecule has 0 spiro atoms. The molecule has 1 saturated carbocycles. The molecule has 15 nitrogen and oxygen atoms in total. The number of aliphatic imine (C=N–C) groups is 1. The average molecular weight is 768 g/mol. The highest BCUT2D eigenvalue weighted by Gasteiger charge is 2.40. The van der Waals surface area contributed by atoms with Crippen LogP contribution in [0.15, 0.2) is 29.3 Å². The van der Waals surface area contributed by atoms with Crippen LogP contribution in [0.4, 0.5) is 0 Å². The molecule has 4 amide bonds. The average Bonchev–Trinajstić information content (AvgIpc) is 3.64. The van der Waals surface area contributed by atoms with Crippen LogP contribution in [-0.2, 0) is 28.8 Å². The third kappa shape index (κ3) is 13.0. The molecule has 2 bridgehead atoms. The summed E-state index contributed by atoms with van der Waals surface area (Å²) in [6, 6.07) is 4.29. The van der Waals surface area contributed by atoms with Gasteiger partial charge >= 0.3 is 0 Å². The van der Waals surface area contributed by atoms with Crippen molar-refractivity contribution in [1.29, 1.82) is 0 Å². The summed E-state index contributed by atoms with van der Waals surface area (Å²) in [6.07, 6.45) is 6.20. The van der Waals surface area contributed by atoms with E-state index in [9.17, 15) is 28.8 Å². The molecule has 3 aliphatic rings. The number of benzene rings is 1. The van der Waals surface area contributed by atoms with Crippen LogP contribution >= 0.6 is 0 Å². The van der Waals surface area contributed by atoms with E-state index in [1.165, 1.54) is 0 Å². The topological polar surface area (TPSA) is 239 Å². The quantitative estimate of drug-likeness (QED) is 0.125. The molecule has 1 aromatic carbocycles. The first-order valence-corrected chi connectivity index (χ1v) is 19.8. The molecule has 4 rings (SSSR count). The van der Waals surface area contributed by atoms with Crippen molar-refractivity contribution in [1.82, 2.24) is 15.5 Å². The van der Waals surface area contributed by atoms with E-state index in [4.69, 9.17) is 26.7 Å². The molecule has 0 aromatic heterocycles. The maximum Gasteiger partial charge on any atom is 0.243 e. The second-order valence-corrected chi connectivity index (χ2v) is 16.2. The van der Waals surface area contributed by atoms with Gasteiger partial charge < -0.3 is 42.2 Å². The molecular formula is C40H61N7O8. The molecule has 2 heterocycles. The second kappa shape index (κ2) is 20.3. The highest BCUT2D eigenvalue weighted by molar-refractivity contribution is 5.97. The van der Waals surface area contributed by atoms with Gasteiger partial charge in [-0.05, 0) is 68.4 Å². The first-order valence-electron chi connectivity index (χ1n) is 19.8. The van der Waals surface area contributed by atoms with E-state index < -0.39 is 53.0 Å². The molecule has 55 heavy (non-hydrogen) atoms. The number of carbonyl (C=O) groups is 6. The molecule has 2 fully saturated rings. The summed E-state index contributed by atoms with van der Waals surface area (Å²) in [5.74, 6) is -3.63. The summed E-state index contributed by atoms with van der Waals surface area (Å²) in [4.78, 5) is 87.7. The third-order valence-electron chi connectivity index (χ3n) is 11.0. The van der Waals surface area contributed by atoms with Crippen molar-refractivity contribution in [3.63, 3.8) is 0 Å². The van der Waals surface area contributed by atoms with Crippen molar-refractivity contribution in [2.24, 2.45) is 45.4 Å². The van der Waals surface area contributed by atoms with Crippen LogP contribution in [0.25, 0.3) is 0 Å². The van der Waals surface area contributed by atoms with Gasteiger partial charge in [0.15, 0.2) is 17.5 Å². The molecule has 8 N–H and O–H groups in total. The first-order chi connectivity index (χ1) is 26.1. The fourth-order valence-corrected chi connectivity index (χ4v) is 7.80. The molecule has 1 aromatic rings. The Bertz CT molecular complexity index is 1550. The summed E-state index contributed by atoms with van der Waals surface area (Å²) < 4.78 is 12.0. The minimum absolute atomic E-state index is 0.109. The van der Waals surface area contributed by atoms with Crippen molar-refractivity contribution in [2.75, 3.05) is 26.3 Å². The molecular weight excluding hydrogens is 706 g/mol. The number of nitrogens with two attached hydrogens (primary N) is 3. The number of ether oxygens (including phenoxy) is 2. The molecule has 1 saturated heterocycles. The van der Waals surface area contributed by atoms with Gasteiger partial charge in [-0.15, -0.1) is 0 Å². The zero-order valence-electron chi connectivity index (χ0n) is 32.7. The van der Waals surface area contributed by atoms with Gasteiger partial charge in [0.2, 0.25) is 23.6 Å². The van der Waals surface area contributed by atoms with Crippen LogP contribution in [0.5, 0.6) is 11.5 Å². The van der Waals surface area contributed by atoms with Crippen molar-refractivity contribution in [3.8, 4) is 11.5 Å². The number of ketones is 2. The molecule has 0 unspecified atom stereocenters. The van der Waals surface area contributed by atoms with E-state index in [-0.39, 0.29) is 74.9 Å². The maximum atomic E-state index is 14.4. The maximum absolute atomic E-state index is 14.4. The van der Waals surface area contributed by atoms with E-state index in [1.807, 2.05) is 20.8 Å². The number of primary amides is 1. The van der Waals surface area contributed by atoms with Crippen LogP contribution in [0.2, 0.25) is 0 Å². The van der Waals surface area contributed by atoms with Gasteiger partial charge in [0, 0.05) is 44.3 Å². The van der Waals surface area contributed by atoms with Crippen molar-refractivity contribution >= 4 is 41.2 Å². The molecule has 15 heteroatoms. The van der Waals surface area contributed by atoms with E-state index >= 15 is 0 Å². The standard InChI is InChI=1S/C40H61N7O8/c1-40(2,3)29(36(41)51)23-32(48)30(15-8-18-44-39(42)43)45-37(52)26-21-33(49)35(25-11-5-4-6-12-25)46-38(53)31-16-9-19-47(31)34(50)17-10-20-54-27-13-7-14-28(22-27)55-24-26/h7,13-14,22,25-26,29-31,35H,4-6,8-12,15-21,23-24H2,1-3H3,(H2,41,51)(H,45,52)(H,46,53)(H4,42,43,44)/t26-,29+,30-,31-,35-/m0/s1. The normalized spacial score (nSPS) is 23.1. The zero-order chi connectivity index (χ0) is 40.1. The Morgan fingerprint density at radius 1 is 0.982 bits per heavy atom. The van der Waals surface area contributed by atoms with Crippen LogP contribution in [0.3, 0.4) is 0 Å². The summed E-state index contributed by atoms with van der Waals surface area (Å²) in [5, 5.41) is 5.90. The number of hydrogen-bond donors (Lipinski definition) is 5. The summed E-state index contributed by atoms with van der Waals surface area (Å²) in [5.41, 5.74) is 16.1. The SMILES string of the molecule is CC(C)(C)[C@H](CC(=O)[C@H](CCCN=C(N)N)NC(=O)[C@@H]1COc2cccc(c2)OCCCC(=O)N2CCC[C@H]2C(=O)N[C@@H](C2CCCCC2)C(=O)C1)C(N)=O. The van der Waals surface area contributed by atoms with Gasteiger partial charge in [-0.25, -0.2) is 0 Å². The van der Waals surface area contributed by atoms with Gasteiger partial charge in [0.05, 0.1) is 24.6 Å². The second-order valence-electron chi connectivity index (χ2n) is 16.2. The highest BCUT2D eigenvalue weighted by atomic mass is 16.5.